The molecule has 2 heterocycles. The van der Waals surface area contributed by atoms with Gasteiger partial charge in [-0.15, -0.1) is 0 Å². The SMILES string of the molecule is O=C1/C(=C/c2cc(Br)ccc2OCc2ccc([N+](=O)[O-])cc2)SC(=Nc2ccccc2)N1Cc1ccco1. The van der Waals surface area contributed by atoms with Gasteiger partial charge in [0.15, 0.2) is 5.17 Å². The summed E-state index contributed by atoms with van der Waals surface area (Å²) in [6.45, 7) is 0.464. The molecule has 4 aromatic rings. The molecule has 0 atom stereocenters. The molecule has 0 aliphatic carbocycles. The Morgan fingerprint density at radius 2 is 1.84 bits per heavy atom. The normalized spacial score (nSPS) is 15.4. The second kappa shape index (κ2) is 11.5. The fourth-order valence-corrected chi connectivity index (χ4v) is 5.05. The van der Waals surface area contributed by atoms with Gasteiger partial charge in [0, 0.05) is 22.2 Å². The van der Waals surface area contributed by atoms with Crippen LogP contribution in [0.5, 0.6) is 5.75 Å². The van der Waals surface area contributed by atoms with Crippen molar-refractivity contribution in [2.75, 3.05) is 0 Å². The van der Waals surface area contributed by atoms with Gasteiger partial charge >= 0.3 is 0 Å². The number of furan rings is 1. The number of nitro benzene ring substituents is 1. The maximum Gasteiger partial charge on any atom is 0.269 e. The van der Waals surface area contributed by atoms with Gasteiger partial charge in [-0.05, 0) is 78.0 Å². The summed E-state index contributed by atoms with van der Waals surface area (Å²) in [6.07, 6.45) is 3.36. The number of nitro groups is 1. The van der Waals surface area contributed by atoms with E-state index in [4.69, 9.17) is 14.1 Å². The van der Waals surface area contributed by atoms with Crippen LogP contribution < -0.4 is 4.74 Å². The summed E-state index contributed by atoms with van der Waals surface area (Å²) < 4.78 is 12.4. The molecule has 1 amide bonds. The first-order valence-electron chi connectivity index (χ1n) is 11.5. The summed E-state index contributed by atoms with van der Waals surface area (Å²) in [5.74, 6) is 1.02. The average molecular weight is 590 g/mol. The highest BCUT2D eigenvalue weighted by Gasteiger charge is 2.34. The van der Waals surface area contributed by atoms with Crippen molar-refractivity contribution in [2.24, 2.45) is 4.99 Å². The number of aliphatic imine (C=N–C) groups is 1. The Labute approximate surface area is 230 Å². The first kappa shape index (κ1) is 25.5. The van der Waals surface area contributed by atoms with Crippen LogP contribution in [0.2, 0.25) is 0 Å². The summed E-state index contributed by atoms with van der Waals surface area (Å²) in [4.78, 5) is 30.8. The van der Waals surface area contributed by atoms with Crippen LogP contribution >= 0.6 is 27.7 Å². The lowest BCUT2D eigenvalue weighted by Crippen LogP contribution is -2.28. The van der Waals surface area contributed by atoms with Gasteiger partial charge in [0.05, 0.1) is 28.3 Å². The Balaban J connectivity index is 1.43. The fraction of sp³-hybridized carbons (Fsp3) is 0.0714. The number of non-ortho nitro benzene ring substituents is 1. The van der Waals surface area contributed by atoms with Crippen LogP contribution in [0.1, 0.15) is 16.9 Å². The summed E-state index contributed by atoms with van der Waals surface area (Å²) in [6, 6.07) is 24.8. The Bertz CT molecular complexity index is 1520. The van der Waals surface area contributed by atoms with Crippen molar-refractivity contribution in [3.8, 4) is 5.75 Å². The van der Waals surface area contributed by atoms with Gasteiger partial charge in [-0.25, -0.2) is 4.99 Å². The van der Waals surface area contributed by atoms with E-state index in [-0.39, 0.29) is 24.7 Å². The molecule has 1 saturated heterocycles. The highest BCUT2D eigenvalue weighted by Crippen LogP contribution is 2.37. The highest BCUT2D eigenvalue weighted by atomic mass is 79.9. The largest absolute Gasteiger partial charge is 0.488 e. The number of halogens is 1. The quantitative estimate of drug-likeness (QED) is 0.121. The molecular formula is C28H20BrN3O5S. The van der Waals surface area contributed by atoms with E-state index in [1.165, 1.54) is 23.9 Å². The Kier molecular flexibility index (Phi) is 7.71. The number of ether oxygens (including phenoxy) is 1. The predicted octanol–water partition coefficient (Wildman–Crippen LogP) is 7.33. The minimum atomic E-state index is -0.440. The van der Waals surface area contributed by atoms with Crippen LogP contribution in [0, 0.1) is 10.1 Å². The highest BCUT2D eigenvalue weighted by molar-refractivity contribution is 9.10. The maximum atomic E-state index is 13.5. The number of rotatable bonds is 8. The van der Waals surface area contributed by atoms with Crippen molar-refractivity contribution in [2.45, 2.75) is 13.2 Å². The topological polar surface area (TPSA) is 98.2 Å². The lowest BCUT2D eigenvalue weighted by Gasteiger charge is -2.14. The number of nitrogens with zero attached hydrogens (tertiary/aromatic N) is 3. The van der Waals surface area contributed by atoms with Gasteiger partial charge in [-0.1, -0.05) is 34.1 Å². The van der Waals surface area contributed by atoms with Gasteiger partial charge in [0.25, 0.3) is 11.6 Å². The zero-order valence-corrected chi connectivity index (χ0v) is 22.2. The molecule has 0 N–H and O–H groups in total. The van der Waals surface area contributed by atoms with Gasteiger partial charge in [-0.3, -0.25) is 19.8 Å². The van der Waals surface area contributed by atoms with Gasteiger partial charge in [0.2, 0.25) is 0 Å². The number of hydrogen-bond acceptors (Lipinski definition) is 7. The number of amides is 1. The van der Waals surface area contributed by atoms with Crippen LogP contribution in [0.4, 0.5) is 11.4 Å². The molecule has 38 heavy (non-hydrogen) atoms. The van der Waals surface area contributed by atoms with E-state index >= 15 is 0 Å². The maximum absolute atomic E-state index is 13.5. The minimum absolute atomic E-state index is 0.0201. The third-order valence-electron chi connectivity index (χ3n) is 5.56. The number of para-hydroxylation sites is 1. The van der Waals surface area contributed by atoms with E-state index in [2.05, 4.69) is 15.9 Å². The Morgan fingerprint density at radius 3 is 2.55 bits per heavy atom. The van der Waals surface area contributed by atoms with Crippen molar-refractivity contribution < 1.29 is 18.9 Å². The first-order chi connectivity index (χ1) is 18.5. The van der Waals surface area contributed by atoms with Crippen molar-refractivity contribution in [1.29, 1.82) is 0 Å². The third kappa shape index (κ3) is 6.04. The molecule has 0 bridgehead atoms. The minimum Gasteiger partial charge on any atom is -0.488 e. The van der Waals surface area contributed by atoms with Crippen LogP contribution in [-0.2, 0) is 17.9 Å². The molecule has 5 rings (SSSR count). The Morgan fingerprint density at radius 1 is 1.05 bits per heavy atom. The number of carbonyl (C=O) groups is 1. The molecule has 1 aliphatic heterocycles. The van der Waals surface area contributed by atoms with Gasteiger partial charge in [-0.2, -0.15) is 0 Å². The second-order valence-electron chi connectivity index (χ2n) is 8.21. The van der Waals surface area contributed by atoms with Crippen molar-refractivity contribution in [3.63, 3.8) is 0 Å². The molecule has 8 nitrogen and oxygen atoms in total. The molecule has 10 heteroatoms. The third-order valence-corrected chi connectivity index (χ3v) is 7.06. The molecule has 0 saturated carbocycles. The summed E-state index contributed by atoms with van der Waals surface area (Å²) in [7, 11) is 0. The number of amidine groups is 1. The van der Waals surface area contributed by atoms with Gasteiger partial charge < -0.3 is 9.15 Å². The molecular weight excluding hydrogens is 570 g/mol. The Hall–Kier alpha value is -4.15. The predicted molar refractivity (Wildman–Crippen MR) is 150 cm³/mol. The van der Waals surface area contributed by atoms with E-state index in [9.17, 15) is 14.9 Å². The van der Waals surface area contributed by atoms with Crippen LogP contribution in [-0.4, -0.2) is 20.9 Å². The molecule has 1 aliphatic rings. The molecule has 1 fully saturated rings. The fourth-order valence-electron chi connectivity index (χ4n) is 3.68. The molecule has 0 radical (unpaired) electrons. The zero-order chi connectivity index (χ0) is 26.5. The lowest BCUT2D eigenvalue weighted by molar-refractivity contribution is -0.384. The van der Waals surface area contributed by atoms with Crippen molar-refractivity contribution in [3.05, 3.63) is 128 Å². The van der Waals surface area contributed by atoms with Gasteiger partial charge in [0.1, 0.15) is 18.1 Å². The van der Waals surface area contributed by atoms with E-state index in [1.54, 1.807) is 35.4 Å². The van der Waals surface area contributed by atoms with Crippen LogP contribution in [0.25, 0.3) is 6.08 Å². The van der Waals surface area contributed by atoms with E-state index in [0.717, 1.165) is 15.7 Å². The number of hydrogen-bond donors (Lipinski definition) is 0. The zero-order valence-electron chi connectivity index (χ0n) is 19.8. The molecule has 0 spiro atoms. The standard InChI is InChI=1S/C28H20BrN3O5S/c29-21-10-13-25(37-18-19-8-11-23(12-9-19)32(34)35)20(15-21)16-26-27(33)31(17-24-7-4-14-36-24)28(38-26)30-22-5-2-1-3-6-22/h1-16H,17-18H2/b26-16-,30-28?. The summed E-state index contributed by atoms with van der Waals surface area (Å²) in [5.41, 5.74) is 2.25. The van der Waals surface area contributed by atoms with Crippen molar-refractivity contribution >= 4 is 56.2 Å². The summed E-state index contributed by atoms with van der Waals surface area (Å²) >= 11 is 4.78. The number of carbonyl (C=O) groups excluding carboxylic acids is 1. The van der Waals surface area contributed by atoms with Crippen LogP contribution in [0.3, 0.4) is 0 Å². The molecule has 1 aromatic heterocycles. The second-order valence-corrected chi connectivity index (χ2v) is 10.1. The van der Waals surface area contributed by atoms with Crippen molar-refractivity contribution in [1.82, 2.24) is 4.90 Å². The lowest BCUT2D eigenvalue weighted by atomic mass is 10.1. The van der Waals surface area contributed by atoms with E-state index in [0.29, 0.717) is 27.1 Å². The average Bonchev–Trinajstić information content (AvgIpc) is 3.53. The molecule has 3 aromatic carbocycles. The number of benzene rings is 3. The summed E-state index contributed by atoms with van der Waals surface area (Å²) in [5, 5.41) is 11.5. The van der Waals surface area contributed by atoms with E-state index in [1.807, 2.05) is 54.6 Å². The molecule has 0 unspecified atom stereocenters. The monoisotopic (exact) mass is 589 g/mol. The molecule has 190 valence electrons. The van der Waals surface area contributed by atoms with E-state index < -0.39 is 4.92 Å². The number of thioether (sulfide) groups is 1. The smallest absolute Gasteiger partial charge is 0.269 e. The first-order valence-corrected chi connectivity index (χ1v) is 13.1. The van der Waals surface area contributed by atoms with Crippen LogP contribution in [0.15, 0.2) is 110 Å².